The number of nitrogens with zero attached hydrogens (tertiary/aromatic N) is 2. The minimum Gasteiger partial charge on any atom is -0.213 e. The topological polar surface area (TPSA) is 74.8 Å². The molecule has 0 spiro atoms. The van der Waals surface area contributed by atoms with Gasteiger partial charge >= 0.3 is 0 Å². The van der Waals surface area contributed by atoms with Crippen LogP contribution in [-0.4, -0.2) is 57.9 Å². The average molecular weight is 361 g/mol. The van der Waals surface area contributed by atoms with Crippen molar-refractivity contribution in [3.63, 3.8) is 0 Å². The van der Waals surface area contributed by atoms with E-state index in [0.717, 1.165) is 11.8 Å². The summed E-state index contributed by atoms with van der Waals surface area (Å²) in [6.07, 6.45) is 1.65. The van der Waals surface area contributed by atoms with E-state index in [-0.39, 0.29) is 18.0 Å². The van der Waals surface area contributed by atoms with E-state index in [4.69, 9.17) is 0 Å². The Kier molecular flexibility index (Phi) is 5.50. The van der Waals surface area contributed by atoms with E-state index in [9.17, 15) is 16.8 Å². The van der Waals surface area contributed by atoms with E-state index in [0.29, 0.717) is 25.4 Å². The Morgan fingerprint density at radius 1 is 0.870 bits per heavy atom. The highest BCUT2D eigenvalue weighted by Crippen LogP contribution is 2.21. The van der Waals surface area contributed by atoms with Crippen LogP contribution in [0, 0.1) is 0 Å². The van der Waals surface area contributed by atoms with Gasteiger partial charge in [0, 0.05) is 26.2 Å². The Bertz CT molecular complexity index is 740. The molecular formula is C15H24N2O4S2. The molecule has 23 heavy (non-hydrogen) atoms. The summed E-state index contributed by atoms with van der Waals surface area (Å²) < 4.78 is 51.4. The number of benzene rings is 1. The number of hydrogen-bond donors (Lipinski definition) is 0. The van der Waals surface area contributed by atoms with Crippen molar-refractivity contribution >= 4 is 20.0 Å². The highest BCUT2D eigenvalue weighted by atomic mass is 32.2. The van der Waals surface area contributed by atoms with Gasteiger partial charge in [-0.2, -0.15) is 4.31 Å². The van der Waals surface area contributed by atoms with Crippen LogP contribution in [0.3, 0.4) is 0 Å². The van der Waals surface area contributed by atoms with Crippen molar-refractivity contribution in [1.29, 1.82) is 0 Å². The van der Waals surface area contributed by atoms with Crippen LogP contribution in [0.1, 0.15) is 31.7 Å². The van der Waals surface area contributed by atoms with E-state index in [1.54, 1.807) is 12.1 Å². The van der Waals surface area contributed by atoms with Gasteiger partial charge in [-0.15, -0.1) is 0 Å². The Labute approximate surface area is 139 Å². The van der Waals surface area contributed by atoms with Crippen LogP contribution in [0.2, 0.25) is 0 Å². The second-order valence-electron chi connectivity index (χ2n) is 6.14. The van der Waals surface area contributed by atoms with Crippen molar-refractivity contribution in [1.82, 2.24) is 8.61 Å². The third-order valence-electron chi connectivity index (χ3n) is 4.07. The molecule has 1 aromatic carbocycles. The molecule has 0 radical (unpaired) electrons. The van der Waals surface area contributed by atoms with Gasteiger partial charge in [0.15, 0.2) is 0 Å². The first kappa shape index (κ1) is 18.4. The largest absolute Gasteiger partial charge is 0.243 e. The maximum absolute atomic E-state index is 12.7. The van der Waals surface area contributed by atoms with E-state index in [1.165, 1.54) is 8.61 Å². The molecule has 0 N–H and O–H groups in total. The van der Waals surface area contributed by atoms with Crippen molar-refractivity contribution in [3.8, 4) is 0 Å². The van der Waals surface area contributed by atoms with Crippen LogP contribution in [0.5, 0.6) is 0 Å². The molecule has 0 amide bonds. The summed E-state index contributed by atoms with van der Waals surface area (Å²) in [5.74, 6) is 0.341. The summed E-state index contributed by atoms with van der Waals surface area (Å²) in [6, 6.07) is 6.92. The van der Waals surface area contributed by atoms with Crippen LogP contribution in [0.15, 0.2) is 29.2 Å². The SMILES string of the molecule is CC(C)c1ccc(S(=O)(=O)N2CCCN(S(C)(=O)=O)CC2)cc1. The molecule has 0 atom stereocenters. The van der Waals surface area contributed by atoms with Gasteiger partial charge in [-0.3, -0.25) is 0 Å². The minimum absolute atomic E-state index is 0.182. The summed E-state index contributed by atoms with van der Waals surface area (Å²) in [7, 11) is -6.87. The van der Waals surface area contributed by atoms with Crippen molar-refractivity contribution in [2.45, 2.75) is 31.1 Å². The molecule has 0 unspecified atom stereocenters. The van der Waals surface area contributed by atoms with E-state index >= 15 is 0 Å². The monoisotopic (exact) mass is 360 g/mol. The predicted octanol–water partition coefficient (Wildman–Crippen LogP) is 1.47. The van der Waals surface area contributed by atoms with Gasteiger partial charge in [-0.1, -0.05) is 26.0 Å². The Morgan fingerprint density at radius 3 is 1.91 bits per heavy atom. The standard InChI is InChI=1S/C15H24N2O4S2/c1-13(2)14-5-7-15(8-6-14)23(20,21)17-10-4-9-16(11-12-17)22(3,18)19/h5-8,13H,4,9-12H2,1-3H3. The summed E-state index contributed by atoms with van der Waals surface area (Å²) in [5.41, 5.74) is 1.09. The van der Waals surface area contributed by atoms with Crippen LogP contribution in [0.4, 0.5) is 0 Å². The Balaban J connectivity index is 2.19. The molecule has 1 fully saturated rings. The molecule has 1 saturated heterocycles. The third kappa shape index (κ3) is 4.32. The fourth-order valence-electron chi connectivity index (χ4n) is 2.62. The minimum atomic E-state index is -3.58. The van der Waals surface area contributed by atoms with Crippen molar-refractivity contribution in [2.24, 2.45) is 0 Å². The van der Waals surface area contributed by atoms with Crippen LogP contribution < -0.4 is 0 Å². The van der Waals surface area contributed by atoms with E-state index < -0.39 is 20.0 Å². The van der Waals surface area contributed by atoms with Gasteiger partial charge < -0.3 is 0 Å². The molecule has 0 aromatic heterocycles. The van der Waals surface area contributed by atoms with Crippen molar-refractivity contribution in [2.75, 3.05) is 32.4 Å². The third-order valence-corrected chi connectivity index (χ3v) is 7.28. The van der Waals surface area contributed by atoms with Crippen molar-refractivity contribution < 1.29 is 16.8 Å². The van der Waals surface area contributed by atoms with Crippen molar-refractivity contribution in [3.05, 3.63) is 29.8 Å². The molecule has 1 heterocycles. The molecule has 1 aliphatic rings. The fourth-order valence-corrected chi connectivity index (χ4v) is 4.96. The number of rotatable bonds is 4. The maximum atomic E-state index is 12.7. The highest BCUT2D eigenvalue weighted by molar-refractivity contribution is 7.89. The normalized spacial score (nSPS) is 19.0. The van der Waals surface area contributed by atoms with E-state index in [2.05, 4.69) is 13.8 Å². The lowest BCUT2D eigenvalue weighted by Crippen LogP contribution is -2.36. The van der Waals surface area contributed by atoms with E-state index in [1.807, 2.05) is 12.1 Å². The van der Waals surface area contributed by atoms with Crippen LogP contribution >= 0.6 is 0 Å². The number of sulfonamides is 2. The second-order valence-corrected chi connectivity index (χ2v) is 10.1. The first-order valence-corrected chi connectivity index (χ1v) is 11.0. The van der Waals surface area contributed by atoms with Crippen LogP contribution in [-0.2, 0) is 20.0 Å². The zero-order valence-corrected chi connectivity index (χ0v) is 15.4. The predicted molar refractivity (Wildman–Crippen MR) is 90.3 cm³/mol. The molecular weight excluding hydrogens is 336 g/mol. The molecule has 6 nitrogen and oxygen atoms in total. The van der Waals surface area contributed by atoms with Gasteiger partial charge in [0.2, 0.25) is 20.0 Å². The maximum Gasteiger partial charge on any atom is 0.243 e. The van der Waals surface area contributed by atoms with Crippen LogP contribution in [0.25, 0.3) is 0 Å². The summed E-state index contributed by atoms with van der Waals surface area (Å²) in [5, 5.41) is 0. The molecule has 8 heteroatoms. The fraction of sp³-hybridized carbons (Fsp3) is 0.600. The lowest BCUT2D eigenvalue weighted by atomic mass is 10.0. The van der Waals surface area contributed by atoms with Gasteiger partial charge in [-0.25, -0.2) is 21.1 Å². The lowest BCUT2D eigenvalue weighted by molar-refractivity contribution is 0.406. The average Bonchev–Trinajstić information content (AvgIpc) is 2.73. The van der Waals surface area contributed by atoms with Gasteiger partial charge in [-0.05, 0) is 30.0 Å². The smallest absolute Gasteiger partial charge is 0.213 e. The molecule has 1 aromatic rings. The number of hydrogen-bond acceptors (Lipinski definition) is 4. The van der Waals surface area contributed by atoms with Gasteiger partial charge in [0.25, 0.3) is 0 Å². The lowest BCUT2D eigenvalue weighted by Gasteiger charge is -2.21. The first-order chi connectivity index (χ1) is 10.6. The molecule has 1 aliphatic heterocycles. The Morgan fingerprint density at radius 2 is 1.39 bits per heavy atom. The summed E-state index contributed by atoms with van der Waals surface area (Å²) in [4.78, 5) is 0.259. The molecule has 0 bridgehead atoms. The first-order valence-electron chi connectivity index (χ1n) is 7.67. The molecule has 2 rings (SSSR count). The zero-order valence-electron chi connectivity index (χ0n) is 13.8. The molecule has 0 aliphatic carbocycles. The molecule has 0 saturated carbocycles. The summed E-state index contributed by atoms with van der Waals surface area (Å²) in [6.45, 7) is 5.18. The highest BCUT2D eigenvalue weighted by Gasteiger charge is 2.29. The zero-order chi connectivity index (χ0) is 17.3. The Hall–Kier alpha value is -0.960. The second kappa shape index (κ2) is 6.88. The molecule has 130 valence electrons. The quantitative estimate of drug-likeness (QED) is 0.815. The summed E-state index contributed by atoms with van der Waals surface area (Å²) >= 11 is 0. The van der Waals surface area contributed by atoms with Gasteiger partial charge in [0.1, 0.15) is 0 Å². The van der Waals surface area contributed by atoms with Gasteiger partial charge in [0.05, 0.1) is 11.2 Å².